The molecular weight excluding hydrogens is 265 g/mol. The van der Waals surface area contributed by atoms with Gasteiger partial charge in [0.15, 0.2) is 11.6 Å². The summed E-state index contributed by atoms with van der Waals surface area (Å²) in [5.41, 5.74) is 1.44. The number of benzene rings is 1. The van der Waals surface area contributed by atoms with Crippen LogP contribution in [0.2, 0.25) is 0 Å². The van der Waals surface area contributed by atoms with Crippen molar-refractivity contribution in [2.75, 3.05) is 14.2 Å². The van der Waals surface area contributed by atoms with Gasteiger partial charge in [0.25, 0.3) is 0 Å². The minimum atomic E-state index is -0.347. The lowest BCUT2D eigenvalue weighted by Gasteiger charge is -2.17. The molecule has 0 aliphatic heterocycles. The van der Waals surface area contributed by atoms with Crippen LogP contribution < -0.4 is 10.1 Å². The third-order valence-corrected chi connectivity index (χ3v) is 3.83. The zero-order valence-electron chi connectivity index (χ0n) is 11.1. The second-order valence-electron chi connectivity index (χ2n) is 4.02. The van der Waals surface area contributed by atoms with Gasteiger partial charge in [-0.15, -0.1) is 5.10 Å². The minimum absolute atomic E-state index is 0.244. The Hall–Kier alpha value is -1.53. The fourth-order valence-corrected chi connectivity index (χ4v) is 2.88. The van der Waals surface area contributed by atoms with E-state index in [1.165, 1.54) is 18.6 Å². The Kier molecular flexibility index (Phi) is 4.44. The molecule has 19 heavy (non-hydrogen) atoms. The third kappa shape index (κ3) is 2.59. The van der Waals surface area contributed by atoms with E-state index in [2.05, 4.69) is 14.9 Å². The summed E-state index contributed by atoms with van der Waals surface area (Å²) in [7, 11) is 3.26. The van der Waals surface area contributed by atoms with E-state index in [1.807, 2.05) is 6.92 Å². The quantitative estimate of drug-likeness (QED) is 0.915. The monoisotopic (exact) mass is 281 g/mol. The Morgan fingerprint density at radius 2 is 2.26 bits per heavy atom. The first kappa shape index (κ1) is 13.9. The molecule has 0 fully saturated rings. The molecule has 102 valence electrons. The maximum atomic E-state index is 14.3. The smallest absolute Gasteiger partial charge is 0.170 e. The van der Waals surface area contributed by atoms with E-state index in [1.54, 1.807) is 25.2 Å². The molecule has 0 bridgehead atoms. The van der Waals surface area contributed by atoms with Gasteiger partial charge in [-0.1, -0.05) is 23.5 Å². The SMILES string of the molecule is CCc1nnsc1C(NC)c1cccc(OC)c1F. The van der Waals surface area contributed by atoms with Crippen molar-refractivity contribution in [2.45, 2.75) is 19.4 Å². The molecule has 0 saturated heterocycles. The topological polar surface area (TPSA) is 47.0 Å². The maximum absolute atomic E-state index is 14.3. The normalized spacial score (nSPS) is 12.4. The van der Waals surface area contributed by atoms with E-state index >= 15 is 0 Å². The molecule has 0 saturated carbocycles. The second kappa shape index (κ2) is 6.08. The molecule has 0 radical (unpaired) electrons. The first-order valence-electron chi connectivity index (χ1n) is 6.03. The highest BCUT2D eigenvalue weighted by Gasteiger charge is 2.23. The van der Waals surface area contributed by atoms with Crippen LogP contribution in [-0.2, 0) is 6.42 Å². The Morgan fingerprint density at radius 3 is 2.89 bits per heavy atom. The van der Waals surface area contributed by atoms with Gasteiger partial charge in [-0.2, -0.15) is 0 Å². The van der Waals surface area contributed by atoms with Crippen molar-refractivity contribution >= 4 is 11.5 Å². The van der Waals surface area contributed by atoms with E-state index in [0.29, 0.717) is 5.56 Å². The molecule has 4 nitrogen and oxygen atoms in total. The first-order valence-corrected chi connectivity index (χ1v) is 6.81. The Balaban J connectivity index is 2.48. The standard InChI is InChI=1S/C13H16FN3OS/c1-4-9-13(19-17-16-9)12(15-2)8-6-5-7-10(18-3)11(8)14/h5-7,12,15H,4H2,1-3H3. The summed E-state index contributed by atoms with van der Waals surface area (Å²) < 4.78 is 23.3. The molecule has 0 aliphatic rings. The molecular formula is C13H16FN3OS. The molecule has 1 heterocycles. The number of halogens is 1. The summed E-state index contributed by atoms with van der Waals surface area (Å²) >= 11 is 1.29. The largest absolute Gasteiger partial charge is 0.494 e. The molecule has 1 N–H and O–H groups in total. The minimum Gasteiger partial charge on any atom is -0.494 e. The number of rotatable bonds is 5. The van der Waals surface area contributed by atoms with E-state index < -0.39 is 0 Å². The van der Waals surface area contributed by atoms with Crippen molar-refractivity contribution in [1.29, 1.82) is 0 Å². The molecule has 2 rings (SSSR count). The number of aryl methyl sites for hydroxylation is 1. The maximum Gasteiger partial charge on any atom is 0.170 e. The van der Waals surface area contributed by atoms with E-state index in [-0.39, 0.29) is 17.6 Å². The molecule has 1 aromatic carbocycles. The van der Waals surface area contributed by atoms with Gasteiger partial charge in [0.05, 0.1) is 23.7 Å². The van der Waals surface area contributed by atoms with E-state index in [9.17, 15) is 4.39 Å². The van der Waals surface area contributed by atoms with Crippen molar-refractivity contribution in [3.05, 3.63) is 40.2 Å². The van der Waals surface area contributed by atoms with Gasteiger partial charge in [0, 0.05) is 5.56 Å². The number of aromatic nitrogens is 2. The number of nitrogens with zero attached hydrogens (tertiary/aromatic N) is 2. The number of methoxy groups -OCH3 is 1. The summed E-state index contributed by atoms with van der Waals surface area (Å²) in [6.07, 6.45) is 0.773. The number of hydrogen-bond donors (Lipinski definition) is 1. The fraction of sp³-hybridized carbons (Fsp3) is 0.385. The van der Waals surface area contributed by atoms with Crippen molar-refractivity contribution in [3.63, 3.8) is 0 Å². The van der Waals surface area contributed by atoms with Crippen LogP contribution in [0, 0.1) is 5.82 Å². The summed E-state index contributed by atoms with van der Waals surface area (Å²) in [4.78, 5) is 0.942. The lowest BCUT2D eigenvalue weighted by molar-refractivity contribution is 0.382. The summed E-state index contributed by atoms with van der Waals surface area (Å²) in [6.45, 7) is 2.01. The molecule has 1 aromatic heterocycles. The van der Waals surface area contributed by atoms with Crippen LogP contribution in [0.1, 0.15) is 29.1 Å². The highest BCUT2D eigenvalue weighted by molar-refractivity contribution is 7.05. The highest BCUT2D eigenvalue weighted by atomic mass is 32.1. The highest BCUT2D eigenvalue weighted by Crippen LogP contribution is 2.31. The average molecular weight is 281 g/mol. The second-order valence-corrected chi connectivity index (χ2v) is 4.81. The fourth-order valence-electron chi connectivity index (χ4n) is 2.02. The first-order chi connectivity index (χ1) is 9.22. The average Bonchev–Trinajstić information content (AvgIpc) is 2.90. The number of ether oxygens (including phenoxy) is 1. The van der Waals surface area contributed by atoms with Crippen molar-refractivity contribution < 1.29 is 9.13 Å². The summed E-state index contributed by atoms with van der Waals surface area (Å²) in [5.74, 6) is -0.104. The zero-order chi connectivity index (χ0) is 13.8. The summed E-state index contributed by atoms with van der Waals surface area (Å²) in [6, 6.07) is 4.88. The van der Waals surface area contributed by atoms with Crippen molar-refractivity contribution in [2.24, 2.45) is 0 Å². The molecule has 0 spiro atoms. The van der Waals surface area contributed by atoms with Crippen LogP contribution in [0.3, 0.4) is 0 Å². The Morgan fingerprint density at radius 1 is 1.47 bits per heavy atom. The van der Waals surface area contributed by atoms with E-state index in [4.69, 9.17) is 4.74 Å². The third-order valence-electron chi connectivity index (χ3n) is 2.99. The van der Waals surface area contributed by atoms with Gasteiger partial charge < -0.3 is 10.1 Å². The van der Waals surface area contributed by atoms with Crippen LogP contribution in [0.15, 0.2) is 18.2 Å². The van der Waals surface area contributed by atoms with Crippen LogP contribution in [0.4, 0.5) is 4.39 Å². The number of hydrogen-bond acceptors (Lipinski definition) is 5. The van der Waals surface area contributed by atoms with Crippen molar-refractivity contribution in [3.8, 4) is 5.75 Å². The molecule has 2 aromatic rings. The van der Waals surface area contributed by atoms with Crippen molar-refractivity contribution in [1.82, 2.24) is 14.9 Å². The van der Waals surface area contributed by atoms with Crippen LogP contribution in [0.25, 0.3) is 0 Å². The predicted octanol–water partition coefficient (Wildman–Crippen LogP) is 2.56. The predicted molar refractivity (Wildman–Crippen MR) is 73.1 cm³/mol. The molecule has 0 amide bonds. The molecule has 0 aliphatic carbocycles. The zero-order valence-corrected chi connectivity index (χ0v) is 11.9. The Labute approximate surface area is 115 Å². The van der Waals surface area contributed by atoms with Crippen LogP contribution in [-0.4, -0.2) is 23.7 Å². The Bertz CT molecular complexity index is 559. The molecule has 6 heteroatoms. The van der Waals surface area contributed by atoms with Crippen LogP contribution >= 0.6 is 11.5 Å². The van der Waals surface area contributed by atoms with Crippen LogP contribution in [0.5, 0.6) is 5.75 Å². The number of nitrogens with one attached hydrogen (secondary N) is 1. The lowest BCUT2D eigenvalue weighted by Crippen LogP contribution is -2.19. The van der Waals surface area contributed by atoms with Gasteiger partial charge in [0.1, 0.15) is 0 Å². The molecule has 1 atom stereocenters. The van der Waals surface area contributed by atoms with Gasteiger partial charge in [0.2, 0.25) is 0 Å². The van der Waals surface area contributed by atoms with Gasteiger partial charge in [-0.05, 0) is 31.1 Å². The van der Waals surface area contributed by atoms with E-state index in [0.717, 1.165) is 17.0 Å². The summed E-state index contributed by atoms with van der Waals surface area (Å²) in [5, 5.41) is 7.20. The molecule has 1 unspecified atom stereocenters. The van der Waals surface area contributed by atoms with Gasteiger partial charge >= 0.3 is 0 Å². The lowest BCUT2D eigenvalue weighted by atomic mass is 10.0. The van der Waals surface area contributed by atoms with Gasteiger partial charge in [-0.25, -0.2) is 4.39 Å². The van der Waals surface area contributed by atoms with Gasteiger partial charge in [-0.3, -0.25) is 0 Å².